The molecule has 1 saturated carbocycles. The summed E-state index contributed by atoms with van der Waals surface area (Å²) in [5.74, 6) is -1.90. The Morgan fingerprint density at radius 1 is 1.30 bits per heavy atom. The van der Waals surface area contributed by atoms with Crippen LogP contribution in [0.3, 0.4) is 0 Å². The van der Waals surface area contributed by atoms with Gasteiger partial charge in [-0.3, -0.25) is 14.4 Å². The number of carboxylic acids is 1. The lowest BCUT2D eigenvalue weighted by atomic mass is 10.1. The van der Waals surface area contributed by atoms with Crippen LogP contribution in [0.25, 0.3) is 0 Å². The van der Waals surface area contributed by atoms with Gasteiger partial charge in [-0.25, -0.2) is 0 Å². The summed E-state index contributed by atoms with van der Waals surface area (Å²) in [4.78, 5) is 35.2. The van der Waals surface area contributed by atoms with Crippen LogP contribution in [0, 0.1) is 5.41 Å². The minimum Gasteiger partial charge on any atom is -0.481 e. The molecule has 1 aromatic rings. The largest absolute Gasteiger partial charge is 0.481 e. The molecule has 0 saturated heterocycles. The van der Waals surface area contributed by atoms with Gasteiger partial charge in [0.2, 0.25) is 5.91 Å². The van der Waals surface area contributed by atoms with Crippen molar-refractivity contribution in [2.75, 3.05) is 6.54 Å². The quantitative estimate of drug-likeness (QED) is 0.725. The summed E-state index contributed by atoms with van der Waals surface area (Å²) >= 11 is 11.8. The predicted molar refractivity (Wildman–Crippen MR) is 85.7 cm³/mol. The van der Waals surface area contributed by atoms with Crippen molar-refractivity contribution in [3.05, 3.63) is 33.8 Å². The predicted octanol–water partition coefficient (Wildman–Crippen LogP) is 2.09. The van der Waals surface area contributed by atoms with Crippen LogP contribution >= 0.6 is 23.2 Å². The highest BCUT2D eigenvalue weighted by atomic mass is 35.5. The van der Waals surface area contributed by atoms with Crippen molar-refractivity contribution >= 4 is 41.0 Å². The van der Waals surface area contributed by atoms with Gasteiger partial charge in [-0.15, -0.1) is 0 Å². The van der Waals surface area contributed by atoms with Crippen LogP contribution in [0.2, 0.25) is 10.0 Å². The van der Waals surface area contributed by atoms with Gasteiger partial charge in [0.25, 0.3) is 5.91 Å². The van der Waals surface area contributed by atoms with Crippen molar-refractivity contribution in [2.45, 2.75) is 25.8 Å². The Labute approximate surface area is 143 Å². The first-order valence-electron chi connectivity index (χ1n) is 7.03. The highest BCUT2D eigenvalue weighted by Gasteiger charge is 2.50. The Bertz CT molecular complexity index is 659. The van der Waals surface area contributed by atoms with Crippen LogP contribution in [0.4, 0.5) is 0 Å². The van der Waals surface area contributed by atoms with Crippen molar-refractivity contribution in [3.63, 3.8) is 0 Å². The van der Waals surface area contributed by atoms with E-state index in [4.69, 9.17) is 28.3 Å². The van der Waals surface area contributed by atoms with E-state index in [2.05, 4.69) is 10.6 Å². The molecule has 3 N–H and O–H groups in total. The first kappa shape index (κ1) is 17.6. The molecule has 8 heteroatoms. The van der Waals surface area contributed by atoms with Crippen LogP contribution in [-0.2, 0) is 9.59 Å². The zero-order valence-corrected chi connectivity index (χ0v) is 13.9. The fraction of sp³-hybridized carbons (Fsp3) is 0.400. The van der Waals surface area contributed by atoms with Crippen LogP contribution in [0.5, 0.6) is 0 Å². The van der Waals surface area contributed by atoms with Crippen LogP contribution < -0.4 is 10.6 Å². The molecule has 0 radical (unpaired) electrons. The van der Waals surface area contributed by atoms with Gasteiger partial charge in [-0.1, -0.05) is 29.3 Å². The van der Waals surface area contributed by atoms with E-state index in [0.717, 1.165) is 0 Å². The van der Waals surface area contributed by atoms with E-state index in [1.807, 2.05) is 0 Å². The second kappa shape index (κ2) is 6.76. The standard InChI is InChI=1S/C15H16Cl2N2O4/c1-8(12(20)18-7-15(5-6-15)14(22)23)19-13(21)9-3-2-4-10(16)11(9)17/h2-4,8H,5-7H2,1H3,(H,18,20)(H,19,21)(H,22,23). The Balaban J connectivity index is 1.92. The molecule has 0 aliphatic heterocycles. The maximum Gasteiger partial charge on any atom is 0.311 e. The first-order chi connectivity index (χ1) is 10.8. The second-order valence-electron chi connectivity index (χ2n) is 5.60. The third-order valence-electron chi connectivity index (χ3n) is 3.85. The number of carboxylic acid groups (broad SMARTS) is 1. The Morgan fingerprint density at radius 2 is 1.96 bits per heavy atom. The molecular weight excluding hydrogens is 343 g/mol. The highest BCUT2D eigenvalue weighted by Crippen LogP contribution is 2.45. The molecule has 1 fully saturated rings. The number of hydrogen-bond donors (Lipinski definition) is 3. The molecule has 2 amide bonds. The number of carbonyl (C=O) groups excluding carboxylic acids is 2. The van der Waals surface area contributed by atoms with Crippen LogP contribution in [0.1, 0.15) is 30.1 Å². The smallest absolute Gasteiger partial charge is 0.311 e. The number of aliphatic carboxylic acids is 1. The summed E-state index contributed by atoms with van der Waals surface area (Å²) in [6.45, 7) is 1.56. The third kappa shape index (κ3) is 3.95. The fourth-order valence-electron chi connectivity index (χ4n) is 2.05. The number of amides is 2. The molecule has 0 aromatic heterocycles. The zero-order valence-electron chi connectivity index (χ0n) is 12.4. The van der Waals surface area contributed by atoms with E-state index in [9.17, 15) is 14.4 Å². The summed E-state index contributed by atoms with van der Waals surface area (Å²) in [6.07, 6.45) is 1.09. The molecule has 1 aliphatic rings. The number of carbonyl (C=O) groups is 3. The van der Waals surface area contributed by atoms with Gasteiger partial charge >= 0.3 is 5.97 Å². The van der Waals surface area contributed by atoms with Crippen LogP contribution in [-0.4, -0.2) is 35.5 Å². The SMILES string of the molecule is CC(NC(=O)c1cccc(Cl)c1Cl)C(=O)NCC1(C(=O)O)CC1. The summed E-state index contributed by atoms with van der Waals surface area (Å²) in [6, 6.07) is 3.80. The molecule has 0 heterocycles. The fourth-order valence-corrected chi connectivity index (χ4v) is 2.43. The lowest BCUT2D eigenvalue weighted by molar-refractivity contribution is -0.143. The van der Waals surface area contributed by atoms with Gasteiger partial charge in [0.1, 0.15) is 6.04 Å². The monoisotopic (exact) mass is 358 g/mol. The van der Waals surface area contributed by atoms with Gasteiger partial charge in [0, 0.05) is 6.54 Å². The van der Waals surface area contributed by atoms with Crippen molar-refractivity contribution in [2.24, 2.45) is 5.41 Å². The van der Waals surface area contributed by atoms with Crippen molar-refractivity contribution in [1.29, 1.82) is 0 Å². The Hall–Kier alpha value is -1.79. The summed E-state index contributed by atoms with van der Waals surface area (Å²) in [5, 5.41) is 14.5. The summed E-state index contributed by atoms with van der Waals surface area (Å²) < 4.78 is 0. The van der Waals surface area contributed by atoms with Crippen molar-refractivity contribution in [3.8, 4) is 0 Å². The number of halogens is 2. The van der Waals surface area contributed by atoms with Crippen LogP contribution in [0.15, 0.2) is 18.2 Å². The van der Waals surface area contributed by atoms with E-state index in [0.29, 0.717) is 12.8 Å². The molecule has 1 atom stereocenters. The molecule has 23 heavy (non-hydrogen) atoms. The van der Waals surface area contributed by atoms with Gasteiger partial charge in [-0.05, 0) is 31.9 Å². The lowest BCUT2D eigenvalue weighted by Crippen LogP contribution is -2.47. The van der Waals surface area contributed by atoms with Gasteiger partial charge in [0.15, 0.2) is 0 Å². The molecule has 1 unspecified atom stereocenters. The van der Waals surface area contributed by atoms with E-state index >= 15 is 0 Å². The molecule has 2 rings (SSSR count). The van der Waals surface area contributed by atoms with E-state index in [1.165, 1.54) is 13.0 Å². The average molecular weight is 359 g/mol. The van der Waals surface area contributed by atoms with E-state index in [-0.39, 0.29) is 22.2 Å². The number of benzene rings is 1. The normalized spacial score (nSPS) is 16.3. The molecule has 1 aromatic carbocycles. The van der Waals surface area contributed by atoms with E-state index in [1.54, 1.807) is 12.1 Å². The van der Waals surface area contributed by atoms with Gasteiger partial charge in [-0.2, -0.15) is 0 Å². The average Bonchev–Trinajstić information content (AvgIpc) is 3.28. The van der Waals surface area contributed by atoms with Crippen molar-refractivity contribution in [1.82, 2.24) is 10.6 Å². The molecule has 0 spiro atoms. The topological polar surface area (TPSA) is 95.5 Å². The highest BCUT2D eigenvalue weighted by molar-refractivity contribution is 6.43. The molecule has 0 bridgehead atoms. The molecule has 124 valence electrons. The van der Waals surface area contributed by atoms with Gasteiger partial charge in [0.05, 0.1) is 21.0 Å². The third-order valence-corrected chi connectivity index (χ3v) is 4.66. The Morgan fingerprint density at radius 3 is 2.52 bits per heavy atom. The molecule has 1 aliphatic carbocycles. The Kier molecular flexibility index (Phi) is 5.16. The second-order valence-corrected chi connectivity index (χ2v) is 6.38. The lowest BCUT2D eigenvalue weighted by Gasteiger charge is -2.17. The number of rotatable bonds is 6. The number of nitrogens with one attached hydrogen (secondary N) is 2. The number of hydrogen-bond acceptors (Lipinski definition) is 3. The molecule has 6 nitrogen and oxygen atoms in total. The van der Waals surface area contributed by atoms with Gasteiger partial charge < -0.3 is 15.7 Å². The molecular formula is C15H16Cl2N2O4. The van der Waals surface area contributed by atoms with Crippen molar-refractivity contribution < 1.29 is 19.5 Å². The minimum atomic E-state index is -0.916. The maximum absolute atomic E-state index is 12.1. The minimum absolute atomic E-state index is 0.0549. The summed E-state index contributed by atoms with van der Waals surface area (Å²) in [5.41, 5.74) is -0.682. The van der Waals surface area contributed by atoms with E-state index < -0.39 is 29.2 Å². The first-order valence-corrected chi connectivity index (χ1v) is 7.78. The zero-order chi connectivity index (χ0) is 17.2. The summed E-state index contributed by atoms with van der Waals surface area (Å²) in [7, 11) is 0. The maximum atomic E-state index is 12.1.